The number of hydrogen-bond donors (Lipinski definition) is 0. The zero-order chi connectivity index (χ0) is 13.9. The Kier molecular flexibility index (Phi) is 3.98. The molecule has 0 radical (unpaired) electrons. The fourth-order valence-corrected chi connectivity index (χ4v) is 4.23. The van der Waals surface area contributed by atoms with Crippen molar-refractivity contribution in [3.63, 3.8) is 0 Å². The highest BCUT2D eigenvalue weighted by Crippen LogP contribution is 2.40. The zero-order valence-corrected chi connectivity index (χ0v) is 12.7. The first-order chi connectivity index (χ1) is 9.78. The minimum Gasteiger partial charge on any atom is -0.497 e. The Morgan fingerprint density at radius 3 is 3.05 bits per heavy atom. The number of rotatable bonds is 4. The number of nitrogens with zero attached hydrogens (tertiary/aromatic N) is 1. The number of carbonyl (C=O) groups is 1. The number of thiophene rings is 1. The highest BCUT2D eigenvalue weighted by Gasteiger charge is 2.32. The summed E-state index contributed by atoms with van der Waals surface area (Å²) in [4.78, 5) is 14.1. The van der Waals surface area contributed by atoms with Gasteiger partial charge in [0, 0.05) is 6.54 Å². The second kappa shape index (κ2) is 5.89. The molecule has 1 saturated heterocycles. The molecule has 3 rings (SSSR count). The van der Waals surface area contributed by atoms with Crippen LogP contribution in [0.25, 0.3) is 0 Å². The van der Waals surface area contributed by atoms with Gasteiger partial charge in [-0.15, -0.1) is 11.8 Å². The number of thioether (sulfide) groups is 1. The van der Waals surface area contributed by atoms with Gasteiger partial charge in [-0.05, 0) is 40.1 Å². The van der Waals surface area contributed by atoms with Gasteiger partial charge in [-0.1, -0.05) is 12.1 Å². The number of amides is 1. The summed E-state index contributed by atoms with van der Waals surface area (Å²) in [5.41, 5.74) is 2.31. The lowest BCUT2D eigenvalue weighted by Gasteiger charge is -2.23. The Balaban J connectivity index is 1.81. The van der Waals surface area contributed by atoms with E-state index in [1.807, 2.05) is 29.2 Å². The van der Waals surface area contributed by atoms with Crippen LogP contribution in [-0.4, -0.2) is 23.7 Å². The molecular formula is C15H15NO2S2. The number of benzene rings is 1. The lowest BCUT2D eigenvalue weighted by Crippen LogP contribution is -2.27. The molecule has 5 heteroatoms. The van der Waals surface area contributed by atoms with E-state index in [1.165, 1.54) is 5.56 Å². The largest absolute Gasteiger partial charge is 0.497 e. The average molecular weight is 305 g/mol. The van der Waals surface area contributed by atoms with Crippen molar-refractivity contribution in [2.75, 3.05) is 12.9 Å². The molecule has 0 aliphatic carbocycles. The minimum absolute atomic E-state index is 0.139. The molecule has 104 valence electrons. The van der Waals surface area contributed by atoms with E-state index < -0.39 is 0 Å². The molecule has 0 spiro atoms. The molecule has 1 aromatic heterocycles. The van der Waals surface area contributed by atoms with Gasteiger partial charge < -0.3 is 9.64 Å². The maximum absolute atomic E-state index is 12.1. The molecule has 0 saturated carbocycles. The van der Waals surface area contributed by atoms with Crippen molar-refractivity contribution in [1.82, 2.24) is 4.90 Å². The zero-order valence-electron chi connectivity index (χ0n) is 11.1. The topological polar surface area (TPSA) is 29.5 Å². The van der Waals surface area contributed by atoms with Crippen LogP contribution in [0.1, 0.15) is 16.5 Å². The quantitative estimate of drug-likeness (QED) is 0.865. The lowest BCUT2D eigenvalue weighted by molar-refractivity contribution is -0.128. The molecule has 1 amide bonds. The standard InChI is InChI=1S/C15H15NO2S2/c1-18-13-4-2-3-11(7-13)8-16-14(17)10-20-15(16)12-5-6-19-9-12/h2-7,9,15H,8,10H2,1H3. The van der Waals surface area contributed by atoms with Gasteiger partial charge in [0.2, 0.25) is 5.91 Å². The molecule has 1 aliphatic heterocycles. The molecular weight excluding hydrogens is 290 g/mol. The molecule has 2 aromatic rings. The Labute approximate surface area is 126 Å². The molecule has 1 atom stereocenters. The Morgan fingerprint density at radius 2 is 2.30 bits per heavy atom. The maximum atomic E-state index is 12.1. The van der Waals surface area contributed by atoms with Gasteiger partial charge in [0.1, 0.15) is 11.1 Å². The highest BCUT2D eigenvalue weighted by atomic mass is 32.2. The van der Waals surface area contributed by atoms with Crippen molar-refractivity contribution in [2.24, 2.45) is 0 Å². The third-order valence-electron chi connectivity index (χ3n) is 3.28. The van der Waals surface area contributed by atoms with Gasteiger partial charge in [0.15, 0.2) is 0 Å². The molecule has 0 N–H and O–H groups in total. The molecule has 1 unspecified atom stereocenters. The first kappa shape index (κ1) is 13.5. The summed E-state index contributed by atoms with van der Waals surface area (Å²) in [6, 6.07) is 9.99. The molecule has 20 heavy (non-hydrogen) atoms. The van der Waals surface area contributed by atoms with Crippen LogP contribution in [-0.2, 0) is 11.3 Å². The normalized spacial score (nSPS) is 18.6. The molecule has 0 bridgehead atoms. The third-order valence-corrected chi connectivity index (χ3v) is 5.24. The summed E-state index contributed by atoms with van der Waals surface area (Å²) in [5.74, 6) is 1.59. The second-order valence-corrected chi connectivity index (χ2v) is 6.44. The summed E-state index contributed by atoms with van der Waals surface area (Å²) in [6.45, 7) is 0.629. The summed E-state index contributed by atoms with van der Waals surface area (Å²) < 4.78 is 5.24. The van der Waals surface area contributed by atoms with Crippen LogP contribution in [0, 0.1) is 0 Å². The Bertz CT molecular complexity index is 598. The molecule has 1 aromatic carbocycles. The predicted octanol–water partition coefficient (Wildman–Crippen LogP) is 3.53. The number of carbonyl (C=O) groups excluding carboxylic acids is 1. The fourth-order valence-electron chi connectivity index (χ4n) is 2.28. The van der Waals surface area contributed by atoms with Gasteiger partial charge >= 0.3 is 0 Å². The van der Waals surface area contributed by atoms with Gasteiger partial charge in [0.05, 0.1) is 12.9 Å². The van der Waals surface area contributed by atoms with Crippen molar-refractivity contribution >= 4 is 29.0 Å². The van der Waals surface area contributed by atoms with E-state index in [2.05, 4.69) is 16.8 Å². The lowest BCUT2D eigenvalue weighted by atomic mass is 10.2. The summed E-state index contributed by atoms with van der Waals surface area (Å²) in [7, 11) is 1.66. The highest BCUT2D eigenvalue weighted by molar-refractivity contribution is 8.00. The van der Waals surface area contributed by atoms with Crippen molar-refractivity contribution in [2.45, 2.75) is 11.9 Å². The summed E-state index contributed by atoms with van der Waals surface area (Å²) in [6.07, 6.45) is 0. The van der Waals surface area contributed by atoms with Crippen LogP contribution in [0.4, 0.5) is 0 Å². The molecule has 1 aliphatic rings. The van der Waals surface area contributed by atoms with E-state index in [1.54, 1.807) is 30.2 Å². The Morgan fingerprint density at radius 1 is 1.40 bits per heavy atom. The van der Waals surface area contributed by atoms with Crippen molar-refractivity contribution in [3.8, 4) is 5.75 Å². The first-order valence-electron chi connectivity index (χ1n) is 6.34. The number of ether oxygens (including phenoxy) is 1. The fraction of sp³-hybridized carbons (Fsp3) is 0.267. The van der Waals surface area contributed by atoms with Crippen LogP contribution in [0.5, 0.6) is 5.75 Å². The van der Waals surface area contributed by atoms with E-state index in [0.29, 0.717) is 12.3 Å². The van der Waals surface area contributed by atoms with E-state index >= 15 is 0 Å². The first-order valence-corrected chi connectivity index (χ1v) is 8.33. The predicted molar refractivity (Wildman–Crippen MR) is 83.1 cm³/mol. The molecule has 3 nitrogen and oxygen atoms in total. The SMILES string of the molecule is COc1cccc(CN2C(=O)CSC2c2ccsc2)c1. The van der Waals surface area contributed by atoms with Crippen LogP contribution in [0.15, 0.2) is 41.1 Å². The van der Waals surface area contributed by atoms with E-state index in [0.717, 1.165) is 11.3 Å². The van der Waals surface area contributed by atoms with E-state index in [-0.39, 0.29) is 11.3 Å². The number of hydrogen-bond acceptors (Lipinski definition) is 4. The molecule has 2 heterocycles. The smallest absolute Gasteiger partial charge is 0.234 e. The second-order valence-electron chi connectivity index (χ2n) is 4.59. The molecule has 1 fully saturated rings. The van der Waals surface area contributed by atoms with E-state index in [4.69, 9.17) is 4.74 Å². The Hall–Kier alpha value is -1.46. The van der Waals surface area contributed by atoms with Crippen molar-refractivity contribution in [3.05, 3.63) is 52.2 Å². The van der Waals surface area contributed by atoms with Gasteiger partial charge in [0.25, 0.3) is 0 Å². The minimum atomic E-state index is 0.139. The van der Waals surface area contributed by atoms with Gasteiger partial charge in [-0.25, -0.2) is 0 Å². The van der Waals surface area contributed by atoms with Crippen molar-refractivity contribution < 1.29 is 9.53 Å². The summed E-state index contributed by atoms with van der Waals surface area (Å²) >= 11 is 3.37. The van der Waals surface area contributed by atoms with Gasteiger partial charge in [-0.3, -0.25) is 4.79 Å². The summed E-state index contributed by atoms with van der Waals surface area (Å²) in [5, 5.41) is 4.32. The average Bonchev–Trinajstić information content (AvgIpc) is 3.10. The van der Waals surface area contributed by atoms with Crippen LogP contribution in [0.2, 0.25) is 0 Å². The monoisotopic (exact) mass is 305 g/mol. The third kappa shape index (κ3) is 2.69. The van der Waals surface area contributed by atoms with Crippen LogP contribution in [0.3, 0.4) is 0 Å². The van der Waals surface area contributed by atoms with Crippen molar-refractivity contribution in [1.29, 1.82) is 0 Å². The maximum Gasteiger partial charge on any atom is 0.234 e. The van der Waals surface area contributed by atoms with Gasteiger partial charge in [-0.2, -0.15) is 11.3 Å². The number of methoxy groups -OCH3 is 1. The van der Waals surface area contributed by atoms with Crippen LogP contribution >= 0.6 is 23.1 Å². The van der Waals surface area contributed by atoms with E-state index in [9.17, 15) is 4.79 Å². The van der Waals surface area contributed by atoms with Crippen LogP contribution < -0.4 is 4.74 Å².